The van der Waals surface area contributed by atoms with Crippen LogP contribution in [0.4, 0.5) is 0 Å². The number of nitrogens with two attached hydrogens (primary N) is 1. The molecule has 0 aliphatic rings. The molecular formula is C10H16N2O. The Balaban J connectivity index is 2.85. The van der Waals surface area contributed by atoms with Crippen LogP contribution in [0.2, 0.25) is 0 Å². The predicted octanol–water partition coefficient (Wildman–Crippen LogP) is 1.54. The second-order valence-electron chi connectivity index (χ2n) is 3.08. The molecule has 0 saturated heterocycles. The lowest BCUT2D eigenvalue weighted by Crippen LogP contribution is -2.06. The second kappa shape index (κ2) is 4.82. The number of nitrogens with zero attached hydrogens (tertiary/aromatic N) is 1. The van der Waals surface area contributed by atoms with Crippen LogP contribution in [-0.2, 0) is 0 Å². The van der Waals surface area contributed by atoms with Gasteiger partial charge in [-0.1, -0.05) is 13.0 Å². The summed E-state index contributed by atoms with van der Waals surface area (Å²) in [5, 5.41) is 0. The van der Waals surface area contributed by atoms with Gasteiger partial charge in [-0.15, -0.1) is 0 Å². The predicted molar refractivity (Wildman–Crippen MR) is 52.9 cm³/mol. The van der Waals surface area contributed by atoms with Gasteiger partial charge in [0, 0.05) is 11.8 Å². The van der Waals surface area contributed by atoms with Crippen molar-refractivity contribution in [3.8, 4) is 5.88 Å². The largest absolute Gasteiger partial charge is 0.481 e. The monoisotopic (exact) mass is 180 g/mol. The first-order valence-electron chi connectivity index (χ1n) is 4.48. The quantitative estimate of drug-likeness (QED) is 0.764. The van der Waals surface area contributed by atoms with Gasteiger partial charge in [-0.05, 0) is 24.9 Å². The first-order valence-corrected chi connectivity index (χ1v) is 4.48. The van der Waals surface area contributed by atoms with Crippen LogP contribution in [0.25, 0.3) is 0 Å². The van der Waals surface area contributed by atoms with Crippen LogP contribution in [0, 0.1) is 0 Å². The summed E-state index contributed by atoms with van der Waals surface area (Å²) in [7, 11) is 1.64. The van der Waals surface area contributed by atoms with Crippen molar-refractivity contribution in [2.75, 3.05) is 13.7 Å². The van der Waals surface area contributed by atoms with Crippen LogP contribution < -0.4 is 10.5 Å². The van der Waals surface area contributed by atoms with Gasteiger partial charge in [-0.2, -0.15) is 0 Å². The number of methoxy groups -OCH3 is 1. The van der Waals surface area contributed by atoms with Crippen molar-refractivity contribution in [1.82, 2.24) is 4.98 Å². The van der Waals surface area contributed by atoms with Gasteiger partial charge in [0.2, 0.25) is 5.88 Å². The number of rotatable bonds is 4. The molecule has 3 heteroatoms. The molecule has 1 aromatic heterocycles. The smallest absolute Gasteiger partial charge is 0.216 e. The van der Waals surface area contributed by atoms with E-state index in [1.165, 1.54) is 0 Å². The highest BCUT2D eigenvalue weighted by Gasteiger charge is 2.10. The number of hydrogen-bond donors (Lipinski definition) is 1. The van der Waals surface area contributed by atoms with E-state index in [0.29, 0.717) is 18.3 Å². The van der Waals surface area contributed by atoms with E-state index in [0.717, 1.165) is 12.0 Å². The van der Waals surface area contributed by atoms with Crippen molar-refractivity contribution in [3.63, 3.8) is 0 Å². The molecule has 3 nitrogen and oxygen atoms in total. The Hall–Kier alpha value is -1.09. The summed E-state index contributed by atoms with van der Waals surface area (Å²) in [5.74, 6) is 1.12. The van der Waals surface area contributed by atoms with Crippen molar-refractivity contribution in [1.29, 1.82) is 0 Å². The molecule has 0 aromatic carbocycles. The molecule has 13 heavy (non-hydrogen) atoms. The third kappa shape index (κ3) is 2.42. The molecule has 0 radical (unpaired) electrons. The van der Waals surface area contributed by atoms with E-state index in [4.69, 9.17) is 10.5 Å². The molecule has 0 aliphatic carbocycles. The SMILES string of the molecule is COc1ncccc1C(C)CCN. The van der Waals surface area contributed by atoms with Gasteiger partial charge in [0.05, 0.1) is 7.11 Å². The van der Waals surface area contributed by atoms with E-state index < -0.39 is 0 Å². The van der Waals surface area contributed by atoms with Crippen molar-refractivity contribution in [2.45, 2.75) is 19.3 Å². The lowest BCUT2D eigenvalue weighted by molar-refractivity contribution is 0.388. The number of pyridine rings is 1. The van der Waals surface area contributed by atoms with E-state index in [9.17, 15) is 0 Å². The maximum Gasteiger partial charge on any atom is 0.216 e. The Morgan fingerprint density at radius 1 is 1.62 bits per heavy atom. The summed E-state index contributed by atoms with van der Waals surface area (Å²) >= 11 is 0. The first kappa shape index (κ1) is 9.99. The Morgan fingerprint density at radius 2 is 2.38 bits per heavy atom. The van der Waals surface area contributed by atoms with E-state index >= 15 is 0 Å². The van der Waals surface area contributed by atoms with E-state index in [2.05, 4.69) is 11.9 Å². The van der Waals surface area contributed by atoms with Crippen molar-refractivity contribution in [3.05, 3.63) is 23.9 Å². The molecule has 0 spiro atoms. The molecule has 1 heterocycles. The fourth-order valence-electron chi connectivity index (χ4n) is 1.35. The van der Waals surface area contributed by atoms with Gasteiger partial charge in [0.15, 0.2) is 0 Å². The average Bonchev–Trinajstić information content (AvgIpc) is 2.18. The molecule has 72 valence electrons. The van der Waals surface area contributed by atoms with Crippen LogP contribution >= 0.6 is 0 Å². The summed E-state index contributed by atoms with van der Waals surface area (Å²) in [6.45, 7) is 2.83. The third-order valence-corrected chi connectivity index (χ3v) is 2.12. The minimum absolute atomic E-state index is 0.411. The molecule has 1 atom stereocenters. The van der Waals surface area contributed by atoms with Crippen LogP contribution in [0.3, 0.4) is 0 Å². The number of hydrogen-bond acceptors (Lipinski definition) is 3. The molecule has 1 unspecified atom stereocenters. The Bertz CT molecular complexity index is 263. The highest BCUT2D eigenvalue weighted by atomic mass is 16.5. The summed E-state index contributed by atoms with van der Waals surface area (Å²) in [6, 6.07) is 3.96. The number of ether oxygens (including phenoxy) is 1. The molecule has 1 aromatic rings. The van der Waals surface area contributed by atoms with Gasteiger partial charge in [0.25, 0.3) is 0 Å². The molecule has 0 saturated carbocycles. The lowest BCUT2D eigenvalue weighted by atomic mass is 9.99. The highest BCUT2D eigenvalue weighted by Crippen LogP contribution is 2.25. The normalized spacial score (nSPS) is 12.5. The summed E-state index contributed by atoms with van der Waals surface area (Å²) < 4.78 is 5.16. The van der Waals surface area contributed by atoms with E-state index in [1.807, 2.05) is 12.1 Å². The summed E-state index contributed by atoms with van der Waals surface area (Å²) in [5.41, 5.74) is 6.63. The zero-order valence-corrected chi connectivity index (χ0v) is 8.16. The van der Waals surface area contributed by atoms with Gasteiger partial charge in [-0.25, -0.2) is 4.98 Å². The molecule has 1 rings (SSSR count). The lowest BCUT2D eigenvalue weighted by Gasteiger charge is -2.12. The Kier molecular flexibility index (Phi) is 3.71. The van der Waals surface area contributed by atoms with Gasteiger partial charge < -0.3 is 10.5 Å². The van der Waals surface area contributed by atoms with Gasteiger partial charge in [0.1, 0.15) is 0 Å². The minimum Gasteiger partial charge on any atom is -0.481 e. The van der Waals surface area contributed by atoms with E-state index in [1.54, 1.807) is 13.3 Å². The maximum atomic E-state index is 5.50. The zero-order chi connectivity index (χ0) is 9.68. The molecule has 0 amide bonds. The Labute approximate surface area is 78.9 Å². The van der Waals surface area contributed by atoms with Gasteiger partial charge in [-0.3, -0.25) is 0 Å². The van der Waals surface area contributed by atoms with Crippen LogP contribution in [0.15, 0.2) is 18.3 Å². The summed E-state index contributed by atoms with van der Waals surface area (Å²) in [4.78, 5) is 4.14. The average molecular weight is 180 g/mol. The van der Waals surface area contributed by atoms with Crippen molar-refractivity contribution < 1.29 is 4.74 Å². The molecule has 0 fully saturated rings. The van der Waals surface area contributed by atoms with Crippen LogP contribution in [-0.4, -0.2) is 18.6 Å². The summed E-state index contributed by atoms with van der Waals surface area (Å²) in [6.07, 6.45) is 2.69. The standard InChI is InChI=1S/C10H16N2O/c1-8(5-6-11)9-4-3-7-12-10(9)13-2/h3-4,7-8H,5-6,11H2,1-2H3. The fourth-order valence-corrected chi connectivity index (χ4v) is 1.35. The Morgan fingerprint density at radius 3 is 3.00 bits per heavy atom. The van der Waals surface area contributed by atoms with Crippen molar-refractivity contribution in [2.24, 2.45) is 5.73 Å². The highest BCUT2D eigenvalue weighted by molar-refractivity contribution is 5.28. The number of aromatic nitrogens is 1. The van der Waals surface area contributed by atoms with Crippen molar-refractivity contribution >= 4 is 0 Å². The second-order valence-corrected chi connectivity index (χ2v) is 3.08. The molecule has 2 N–H and O–H groups in total. The van der Waals surface area contributed by atoms with Crippen LogP contribution in [0.5, 0.6) is 5.88 Å². The molecule has 0 aliphatic heterocycles. The third-order valence-electron chi connectivity index (χ3n) is 2.12. The maximum absolute atomic E-state index is 5.50. The topological polar surface area (TPSA) is 48.1 Å². The van der Waals surface area contributed by atoms with Gasteiger partial charge >= 0.3 is 0 Å². The fraction of sp³-hybridized carbons (Fsp3) is 0.500. The zero-order valence-electron chi connectivity index (χ0n) is 8.16. The van der Waals surface area contributed by atoms with Crippen LogP contribution in [0.1, 0.15) is 24.8 Å². The van der Waals surface area contributed by atoms with E-state index in [-0.39, 0.29) is 0 Å². The first-order chi connectivity index (χ1) is 6.29. The molecular weight excluding hydrogens is 164 g/mol. The molecule has 0 bridgehead atoms. The minimum atomic E-state index is 0.411.